The lowest BCUT2D eigenvalue weighted by atomic mass is 9.92. The Morgan fingerprint density at radius 3 is 2.18 bits per heavy atom. The highest BCUT2D eigenvalue weighted by Crippen LogP contribution is 2.33. The van der Waals surface area contributed by atoms with Crippen molar-refractivity contribution in [2.24, 2.45) is 0 Å². The molecule has 0 spiro atoms. The monoisotopic (exact) mass is 235 g/mol. The van der Waals surface area contributed by atoms with Crippen LogP contribution in [-0.4, -0.2) is 26.2 Å². The van der Waals surface area contributed by atoms with Gasteiger partial charge in [0.2, 0.25) is 5.91 Å². The predicted octanol–water partition coefficient (Wildman–Crippen LogP) is 1.70. The first-order chi connectivity index (χ1) is 8.13. The first kappa shape index (κ1) is 11.8. The molecule has 0 radical (unpaired) electrons. The Morgan fingerprint density at radius 2 is 1.76 bits per heavy atom. The number of benzene rings is 1. The summed E-state index contributed by atoms with van der Waals surface area (Å²) in [5.74, 6) is 1.80. The summed E-state index contributed by atoms with van der Waals surface area (Å²) in [6, 6.07) is 5.91. The Hall–Kier alpha value is -1.71. The molecule has 0 aliphatic carbocycles. The van der Waals surface area contributed by atoms with Crippen LogP contribution < -0.4 is 14.8 Å². The molecule has 92 valence electrons. The fourth-order valence-corrected chi connectivity index (χ4v) is 2.24. The molecule has 1 aliphatic rings. The van der Waals surface area contributed by atoms with E-state index in [0.717, 1.165) is 17.1 Å². The quantitative estimate of drug-likeness (QED) is 0.867. The van der Waals surface area contributed by atoms with Gasteiger partial charge in [-0.3, -0.25) is 4.79 Å². The Kier molecular flexibility index (Phi) is 3.22. The Labute approximate surface area is 101 Å². The van der Waals surface area contributed by atoms with E-state index in [2.05, 4.69) is 5.32 Å². The van der Waals surface area contributed by atoms with Crippen LogP contribution in [0.25, 0.3) is 0 Å². The van der Waals surface area contributed by atoms with Crippen molar-refractivity contribution in [1.29, 1.82) is 0 Å². The Morgan fingerprint density at radius 1 is 1.18 bits per heavy atom. The number of carbonyl (C=O) groups is 1. The zero-order valence-corrected chi connectivity index (χ0v) is 10.3. The standard InChI is InChI=1S/C13H17NO3/c1-8-12(7-13(15)14-8)9-4-10(16-2)6-11(5-9)17-3/h4-6,8,12H,7H2,1-3H3,(H,14,15). The number of rotatable bonds is 3. The first-order valence-corrected chi connectivity index (χ1v) is 5.66. The van der Waals surface area contributed by atoms with Gasteiger partial charge in [0.05, 0.1) is 14.2 Å². The summed E-state index contributed by atoms with van der Waals surface area (Å²) < 4.78 is 10.5. The molecule has 2 atom stereocenters. The van der Waals surface area contributed by atoms with Crippen molar-refractivity contribution in [3.05, 3.63) is 23.8 Å². The number of amides is 1. The number of hydrogen-bond acceptors (Lipinski definition) is 3. The minimum Gasteiger partial charge on any atom is -0.497 e. The normalized spacial score (nSPS) is 23.4. The molecule has 0 aromatic heterocycles. The van der Waals surface area contributed by atoms with Crippen LogP contribution in [0.4, 0.5) is 0 Å². The van der Waals surface area contributed by atoms with Crippen molar-refractivity contribution in [2.45, 2.75) is 25.3 Å². The topological polar surface area (TPSA) is 47.6 Å². The fraction of sp³-hybridized carbons (Fsp3) is 0.462. The molecule has 17 heavy (non-hydrogen) atoms. The van der Waals surface area contributed by atoms with Crippen molar-refractivity contribution < 1.29 is 14.3 Å². The van der Waals surface area contributed by atoms with Crippen molar-refractivity contribution >= 4 is 5.91 Å². The van der Waals surface area contributed by atoms with Gasteiger partial charge >= 0.3 is 0 Å². The lowest BCUT2D eigenvalue weighted by molar-refractivity contribution is -0.119. The van der Waals surface area contributed by atoms with E-state index in [4.69, 9.17) is 9.47 Å². The molecule has 0 saturated carbocycles. The van der Waals surface area contributed by atoms with Gasteiger partial charge in [-0.25, -0.2) is 0 Å². The first-order valence-electron chi connectivity index (χ1n) is 5.66. The molecule has 1 N–H and O–H groups in total. The van der Waals surface area contributed by atoms with Crippen molar-refractivity contribution in [1.82, 2.24) is 5.32 Å². The van der Waals surface area contributed by atoms with Gasteiger partial charge in [0.15, 0.2) is 0 Å². The van der Waals surface area contributed by atoms with Gasteiger partial charge < -0.3 is 14.8 Å². The lowest BCUT2D eigenvalue weighted by Gasteiger charge is -2.16. The molecule has 1 aromatic carbocycles. The number of hydrogen-bond donors (Lipinski definition) is 1. The second kappa shape index (κ2) is 4.65. The van der Waals surface area contributed by atoms with E-state index >= 15 is 0 Å². The zero-order valence-electron chi connectivity index (χ0n) is 10.3. The van der Waals surface area contributed by atoms with Gasteiger partial charge in [-0.2, -0.15) is 0 Å². The molecular weight excluding hydrogens is 218 g/mol. The molecule has 2 unspecified atom stereocenters. The lowest BCUT2D eigenvalue weighted by Crippen LogP contribution is -2.24. The highest BCUT2D eigenvalue weighted by molar-refractivity contribution is 5.80. The highest BCUT2D eigenvalue weighted by atomic mass is 16.5. The minimum atomic E-state index is 0.101. The molecule has 1 fully saturated rings. The van der Waals surface area contributed by atoms with Crippen LogP contribution >= 0.6 is 0 Å². The maximum absolute atomic E-state index is 11.4. The van der Waals surface area contributed by atoms with Gasteiger partial charge in [0, 0.05) is 24.4 Å². The van der Waals surface area contributed by atoms with Crippen molar-refractivity contribution in [3.8, 4) is 11.5 Å². The van der Waals surface area contributed by atoms with Crippen LogP contribution in [0.5, 0.6) is 11.5 Å². The summed E-state index contributed by atoms with van der Waals surface area (Å²) in [7, 11) is 3.25. The highest BCUT2D eigenvalue weighted by Gasteiger charge is 2.30. The Balaban J connectivity index is 2.34. The third kappa shape index (κ3) is 2.35. The second-order valence-electron chi connectivity index (χ2n) is 4.31. The molecule has 1 aliphatic heterocycles. The molecule has 1 heterocycles. The van der Waals surface area contributed by atoms with E-state index in [-0.39, 0.29) is 17.9 Å². The summed E-state index contributed by atoms with van der Waals surface area (Å²) >= 11 is 0. The maximum atomic E-state index is 11.4. The van der Waals surface area contributed by atoms with E-state index in [1.807, 2.05) is 25.1 Å². The van der Waals surface area contributed by atoms with Crippen LogP contribution in [0.15, 0.2) is 18.2 Å². The van der Waals surface area contributed by atoms with Crippen LogP contribution in [-0.2, 0) is 4.79 Å². The minimum absolute atomic E-state index is 0.101. The third-order valence-electron chi connectivity index (χ3n) is 3.20. The van der Waals surface area contributed by atoms with Gasteiger partial charge in [-0.1, -0.05) is 0 Å². The molecule has 1 aromatic rings. The number of carbonyl (C=O) groups excluding carboxylic acids is 1. The third-order valence-corrected chi connectivity index (χ3v) is 3.20. The van der Waals surface area contributed by atoms with E-state index in [9.17, 15) is 4.79 Å². The fourth-order valence-electron chi connectivity index (χ4n) is 2.24. The number of ether oxygens (including phenoxy) is 2. The van der Waals surface area contributed by atoms with Gasteiger partial charge in [-0.15, -0.1) is 0 Å². The SMILES string of the molecule is COc1cc(OC)cc(C2CC(=O)NC2C)c1. The molecule has 4 nitrogen and oxygen atoms in total. The molecule has 1 amide bonds. The molecular formula is C13H17NO3. The second-order valence-corrected chi connectivity index (χ2v) is 4.31. The predicted molar refractivity (Wildman–Crippen MR) is 64.5 cm³/mol. The van der Waals surface area contributed by atoms with Crippen molar-refractivity contribution in [2.75, 3.05) is 14.2 Å². The molecule has 0 bridgehead atoms. The van der Waals surface area contributed by atoms with E-state index in [1.165, 1.54) is 0 Å². The van der Waals surface area contributed by atoms with Gasteiger partial charge in [0.1, 0.15) is 11.5 Å². The Bertz CT molecular complexity index is 408. The summed E-state index contributed by atoms with van der Waals surface area (Å²) in [6.45, 7) is 2.02. The summed E-state index contributed by atoms with van der Waals surface area (Å²) in [4.78, 5) is 11.4. The smallest absolute Gasteiger partial charge is 0.220 e. The molecule has 2 rings (SSSR count). The largest absolute Gasteiger partial charge is 0.497 e. The number of nitrogens with one attached hydrogen (secondary N) is 1. The molecule has 4 heteroatoms. The van der Waals surface area contributed by atoms with E-state index < -0.39 is 0 Å². The van der Waals surface area contributed by atoms with Crippen LogP contribution in [0.1, 0.15) is 24.8 Å². The van der Waals surface area contributed by atoms with Gasteiger partial charge in [-0.05, 0) is 24.6 Å². The average Bonchev–Trinajstić information content (AvgIpc) is 2.67. The van der Waals surface area contributed by atoms with Crippen LogP contribution in [0.3, 0.4) is 0 Å². The van der Waals surface area contributed by atoms with Gasteiger partial charge in [0.25, 0.3) is 0 Å². The number of methoxy groups -OCH3 is 2. The van der Waals surface area contributed by atoms with E-state index in [0.29, 0.717) is 6.42 Å². The van der Waals surface area contributed by atoms with E-state index in [1.54, 1.807) is 14.2 Å². The van der Waals surface area contributed by atoms with Crippen LogP contribution in [0.2, 0.25) is 0 Å². The summed E-state index contributed by atoms with van der Waals surface area (Å²) in [6.07, 6.45) is 0.525. The summed E-state index contributed by atoms with van der Waals surface area (Å²) in [5.41, 5.74) is 1.08. The van der Waals surface area contributed by atoms with Crippen LogP contribution in [0, 0.1) is 0 Å². The molecule has 1 saturated heterocycles. The zero-order chi connectivity index (χ0) is 12.4. The average molecular weight is 235 g/mol. The van der Waals surface area contributed by atoms with Crippen molar-refractivity contribution in [3.63, 3.8) is 0 Å². The summed E-state index contributed by atoms with van der Waals surface area (Å²) in [5, 5.41) is 2.92. The maximum Gasteiger partial charge on any atom is 0.220 e.